The zero-order valence-corrected chi connectivity index (χ0v) is 11.6. The van der Waals surface area contributed by atoms with Gasteiger partial charge in [-0.2, -0.15) is 0 Å². The monoisotopic (exact) mass is 274 g/mol. The molecule has 7 nitrogen and oxygen atoms in total. The molecule has 0 aromatic carbocycles. The van der Waals surface area contributed by atoms with Gasteiger partial charge in [0.2, 0.25) is 12.3 Å². The van der Waals surface area contributed by atoms with Gasteiger partial charge in [0.05, 0.1) is 5.60 Å². The number of aliphatic carboxylic acids is 1. The Hall–Kier alpha value is -1.18. The topological polar surface area (TPSA) is 90.3 Å². The molecular weight excluding hydrogens is 252 g/mol. The maximum Gasteiger partial charge on any atom is 0.312 e. The Labute approximate surface area is 112 Å². The number of carbonyl (C=O) groups is 2. The first-order chi connectivity index (χ1) is 8.69. The SMILES string of the molecule is CC(C)(C)OC(O)N1CCN(C(=O)CC(=O)O)CC1. The summed E-state index contributed by atoms with van der Waals surface area (Å²) < 4.78 is 5.42. The maximum absolute atomic E-state index is 11.5. The van der Waals surface area contributed by atoms with Gasteiger partial charge in [0.1, 0.15) is 6.42 Å². The predicted molar refractivity (Wildman–Crippen MR) is 67.3 cm³/mol. The first-order valence-electron chi connectivity index (χ1n) is 6.28. The number of carbonyl (C=O) groups excluding carboxylic acids is 1. The van der Waals surface area contributed by atoms with E-state index in [1.165, 1.54) is 4.90 Å². The summed E-state index contributed by atoms with van der Waals surface area (Å²) in [5.41, 5.74) is -0.449. The highest BCUT2D eigenvalue weighted by Crippen LogP contribution is 2.14. The third-order valence-corrected chi connectivity index (χ3v) is 2.74. The van der Waals surface area contributed by atoms with Crippen LogP contribution in [0.15, 0.2) is 0 Å². The largest absolute Gasteiger partial charge is 0.481 e. The fourth-order valence-corrected chi connectivity index (χ4v) is 1.82. The molecular formula is C12H22N2O5. The molecule has 0 bridgehead atoms. The van der Waals surface area contributed by atoms with E-state index in [9.17, 15) is 14.7 Å². The van der Waals surface area contributed by atoms with Crippen molar-refractivity contribution in [2.24, 2.45) is 0 Å². The molecule has 2 N–H and O–H groups in total. The van der Waals surface area contributed by atoms with Crippen LogP contribution in [0.25, 0.3) is 0 Å². The van der Waals surface area contributed by atoms with Crippen LogP contribution in [-0.4, -0.2) is 70.1 Å². The van der Waals surface area contributed by atoms with Crippen LogP contribution in [-0.2, 0) is 14.3 Å². The van der Waals surface area contributed by atoms with Gasteiger partial charge in [-0.05, 0) is 20.8 Å². The van der Waals surface area contributed by atoms with Crippen molar-refractivity contribution in [1.29, 1.82) is 0 Å². The van der Waals surface area contributed by atoms with E-state index in [0.717, 1.165) is 0 Å². The van der Waals surface area contributed by atoms with Crippen molar-refractivity contribution in [2.75, 3.05) is 26.2 Å². The van der Waals surface area contributed by atoms with Crippen LogP contribution in [0.5, 0.6) is 0 Å². The van der Waals surface area contributed by atoms with E-state index in [1.807, 2.05) is 20.8 Å². The average molecular weight is 274 g/mol. The zero-order valence-electron chi connectivity index (χ0n) is 11.6. The molecule has 1 fully saturated rings. The van der Waals surface area contributed by atoms with E-state index in [4.69, 9.17) is 9.84 Å². The lowest BCUT2D eigenvalue weighted by Crippen LogP contribution is -2.54. The molecule has 110 valence electrons. The Morgan fingerprint density at radius 1 is 1.21 bits per heavy atom. The normalized spacial score (nSPS) is 19.3. The van der Waals surface area contributed by atoms with Gasteiger partial charge in [0.15, 0.2) is 0 Å². The lowest BCUT2D eigenvalue weighted by molar-refractivity contribution is -0.243. The standard InChI is InChI=1S/C12H22N2O5/c1-12(2,3)19-11(18)14-6-4-13(5-7-14)9(15)8-10(16)17/h11,18H,4-8H2,1-3H3,(H,16,17). The highest BCUT2D eigenvalue weighted by molar-refractivity contribution is 5.93. The third-order valence-electron chi connectivity index (χ3n) is 2.74. The number of carboxylic acid groups (broad SMARTS) is 1. The molecule has 0 radical (unpaired) electrons. The molecule has 1 amide bonds. The summed E-state index contributed by atoms with van der Waals surface area (Å²) in [6.45, 7) is 7.27. The lowest BCUT2D eigenvalue weighted by atomic mass is 10.2. The van der Waals surface area contributed by atoms with Crippen LogP contribution < -0.4 is 0 Å². The van der Waals surface area contributed by atoms with Gasteiger partial charge in [-0.1, -0.05) is 0 Å². The quantitative estimate of drug-likeness (QED) is 0.540. The van der Waals surface area contributed by atoms with E-state index in [-0.39, 0.29) is 0 Å². The number of piperazine rings is 1. The highest BCUT2D eigenvalue weighted by Gasteiger charge is 2.28. The number of aliphatic hydroxyl groups excluding tert-OH is 1. The molecule has 1 atom stereocenters. The second-order valence-electron chi connectivity index (χ2n) is 5.54. The second kappa shape index (κ2) is 6.31. The molecule has 1 heterocycles. The van der Waals surface area contributed by atoms with Crippen molar-refractivity contribution < 1.29 is 24.5 Å². The molecule has 1 unspecified atom stereocenters. The molecule has 1 aliphatic heterocycles. The molecule has 19 heavy (non-hydrogen) atoms. The minimum atomic E-state index is -1.12. The van der Waals surface area contributed by atoms with Gasteiger partial charge in [-0.3, -0.25) is 14.5 Å². The van der Waals surface area contributed by atoms with Crippen molar-refractivity contribution >= 4 is 11.9 Å². The van der Waals surface area contributed by atoms with Gasteiger partial charge >= 0.3 is 5.97 Å². The fraction of sp³-hybridized carbons (Fsp3) is 0.833. The molecule has 0 aromatic heterocycles. The van der Waals surface area contributed by atoms with Gasteiger partial charge in [0.25, 0.3) is 0 Å². The number of aliphatic hydroxyl groups is 1. The molecule has 1 rings (SSSR count). The number of carboxylic acids is 1. The molecule has 0 spiro atoms. The van der Waals surface area contributed by atoms with Gasteiger partial charge in [0, 0.05) is 26.2 Å². The maximum atomic E-state index is 11.5. The van der Waals surface area contributed by atoms with Crippen molar-refractivity contribution in [3.63, 3.8) is 0 Å². The molecule has 1 saturated heterocycles. The Morgan fingerprint density at radius 3 is 2.16 bits per heavy atom. The van der Waals surface area contributed by atoms with Crippen molar-refractivity contribution in [1.82, 2.24) is 9.80 Å². The minimum absolute atomic E-state index is 0.390. The highest BCUT2D eigenvalue weighted by atomic mass is 16.6. The molecule has 0 aromatic rings. The Morgan fingerprint density at radius 2 is 1.74 bits per heavy atom. The summed E-state index contributed by atoms with van der Waals surface area (Å²) in [5.74, 6) is -1.51. The number of rotatable bonds is 4. The first kappa shape index (κ1) is 15.9. The van der Waals surface area contributed by atoms with Gasteiger partial charge in [-0.25, -0.2) is 0 Å². The van der Waals surface area contributed by atoms with E-state index in [2.05, 4.69) is 0 Å². The van der Waals surface area contributed by atoms with Crippen molar-refractivity contribution in [3.05, 3.63) is 0 Å². The number of ether oxygens (including phenoxy) is 1. The smallest absolute Gasteiger partial charge is 0.312 e. The van der Waals surface area contributed by atoms with Crippen LogP contribution >= 0.6 is 0 Å². The summed E-state index contributed by atoms with van der Waals surface area (Å²) in [7, 11) is 0. The number of amides is 1. The van der Waals surface area contributed by atoms with Crippen LogP contribution in [0.4, 0.5) is 0 Å². The summed E-state index contributed by atoms with van der Waals surface area (Å²) in [6.07, 6.45) is -1.49. The summed E-state index contributed by atoms with van der Waals surface area (Å²) >= 11 is 0. The van der Waals surface area contributed by atoms with Gasteiger partial charge in [-0.15, -0.1) is 0 Å². The molecule has 0 aliphatic carbocycles. The predicted octanol–water partition coefficient (Wildman–Crippen LogP) is -0.304. The molecule has 7 heteroatoms. The number of hydrogen-bond donors (Lipinski definition) is 2. The zero-order chi connectivity index (χ0) is 14.6. The van der Waals surface area contributed by atoms with E-state index in [1.54, 1.807) is 4.90 Å². The number of nitrogens with zero attached hydrogens (tertiary/aromatic N) is 2. The van der Waals surface area contributed by atoms with E-state index in [0.29, 0.717) is 26.2 Å². The van der Waals surface area contributed by atoms with Crippen molar-refractivity contribution in [3.8, 4) is 0 Å². The summed E-state index contributed by atoms with van der Waals surface area (Å²) in [4.78, 5) is 25.2. The Bertz CT molecular complexity index is 332. The van der Waals surface area contributed by atoms with Crippen LogP contribution in [0, 0.1) is 0 Å². The Kier molecular flexibility index (Phi) is 5.28. The lowest BCUT2D eigenvalue weighted by Gasteiger charge is -2.38. The summed E-state index contributed by atoms with van der Waals surface area (Å²) in [5, 5.41) is 18.5. The van der Waals surface area contributed by atoms with Crippen LogP contribution in [0.3, 0.4) is 0 Å². The van der Waals surface area contributed by atoms with E-state index >= 15 is 0 Å². The fourth-order valence-electron chi connectivity index (χ4n) is 1.82. The Balaban J connectivity index is 2.40. The minimum Gasteiger partial charge on any atom is -0.481 e. The third kappa shape index (κ3) is 5.54. The van der Waals surface area contributed by atoms with Crippen molar-refractivity contribution in [2.45, 2.75) is 39.2 Å². The van der Waals surface area contributed by atoms with Crippen LogP contribution in [0.2, 0.25) is 0 Å². The average Bonchev–Trinajstić information content (AvgIpc) is 2.26. The van der Waals surface area contributed by atoms with Crippen LogP contribution in [0.1, 0.15) is 27.2 Å². The second-order valence-corrected chi connectivity index (χ2v) is 5.54. The van der Waals surface area contributed by atoms with Gasteiger partial charge < -0.3 is 19.8 Å². The number of hydrogen-bond acceptors (Lipinski definition) is 5. The first-order valence-corrected chi connectivity index (χ1v) is 6.28. The molecule has 1 aliphatic rings. The molecule has 0 saturated carbocycles. The summed E-state index contributed by atoms with van der Waals surface area (Å²) in [6, 6.07) is 0. The van der Waals surface area contributed by atoms with E-state index < -0.39 is 30.3 Å².